The molecule has 3 rings (SSSR count). The number of rotatable bonds is 6. The minimum Gasteiger partial charge on any atom is -0.463 e. The second kappa shape index (κ2) is 7.38. The number of aliphatic imine (C=N–C) groups is 1. The van der Waals surface area contributed by atoms with Crippen LogP contribution in [0.3, 0.4) is 0 Å². The third-order valence-corrected chi connectivity index (χ3v) is 4.05. The average molecular weight is 342 g/mol. The molecular formula is C18H22N4O3. The summed E-state index contributed by atoms with van der Waals surface area (Å²) in [4.78, 5) is 20.6. The van der Waals surface area contributed by atoms with Crippen molar-refractivity contribution in [3.63, 3.8) is 0 Å². The third kappa shape index (κ3) is 4.17. The van der Waals surface area contributed by atoms with Crippen molar-refractivity contribution in [1.29, 1.82) is 0 Å². The first-order chi connectivity index (χ1) is 12.0. The average Bonchev–Trinajstić information content (AvgIpc) is 3.23. The van der Waals surface area contributed by atoms with Crippen LogP contribution < -0.4 is 11.1 Å². The molecule has 1 amide bonds. The number of carbonyl (C=O) groups is 1. The number of aromatic nitrogens is 1. The third-order valence-electron chi connectivity index (χ3n) is 4.05. The Morgan fingerprint density at radius 2 is 2.12 bits per heavy atom. The molecular weight excluding hydrogens is 320 g/mol. The number of nitrogens with one attached hydrogen (secondary N) is 1. The molecule has 2 aromatic rings. The smallest absolute Gasteiger partial charge is 0.282 e. The molecule has 2 heterocycles. The number of carbonyl (C=O) groups excluding carboxylic acids is 1. The van der Waals surface area contributed by atoms with Gasteiger partial charge >= 0.3 is 0 Å². The van der Waals surface area contributed by atoms with E-state index in [9.17, 15) is 4.79 Å². The Labute approximate surface area is 146 Å². The highest BCUT2D eigenvalue weighted by molar-refractivity contribution is 6.03. The van der Waals surface area contributed by atoms with E-state index in [4.69, 9.17) is 14.9 Å². The van der Waals surface area contributed by atoms with E-state index in [0.717, 1.165) is 18.5 Å². The maximum absolute atomic E-state index is 12.3. The molecule has 0 aliphatic carbocycles. The van der Waals surface area contributed by atoms with Crippen LogP contribution in [-0.4, -0.2) is 29.6 Å². The van der Waals surface area contributed by atoms with Crippen LogP contribution in [0, 0.1) is 0 Å². The summed E-state index contributed by atoms with van der Waals surface area (Å²) in [6, 6.07) is 8.14. The number of benzene rings is 1. The van der Waals surface area contributed by atoms with Crippen LogP contribution in [0.1, 0.15) is 48.0 Å². The molecule has 7 nitrogen and oxygen atoms in total. The van der Waals surface area contributed by atoms with Crippen molar-refractivity contribution >= 4 is 17.6 Å². The highest BCUT2D eigenvalue weighted by Crippen LogP contribution is 2.20. The molecule has 1 aliphatic heterocycles. The lowest BCUT2D eigenvalue weighted by molar-refractivity contribution is 0.102. The van der Waals surface area contributed by atoms with Crippen LogP contribution >= 0.6 is 0 Å². The second-order valence-electron chi connectivity index (χ2n) is 6.34. The van der Waals surface area contributed by atoms with Gasteiger partial charge in [-0.05, 0) is 30.5 Å². The van der Waals surface area contributed by atoms with E-state index >= 15 is 0 Å². The van der Waals surface area contributed by atoms with Gasteiger partial charge in [-0.2, -0.15) is 0 Å². The number of ether oxygens (including phenoxy) is 1. The number of nitrogens with zero attached hydrogens (tertiary/aromatic N) is 2. The predicted octanol–water partition coefficient (Wildman–Crippen LogP) is 2.70. The van der Waals surface area contributed by atoms with Crippen molar-refractivity contribution in [1.82, 2.24) is 4.98 Å². The zero-order valence-electron chi connectivity index (χ0n) is 14.4. The quantitative estimate of drug-likeness (QED) is 0.840. The van der Waals surface area contributed by atoms with E-state index in [1.807, 2.05) is 38.1 Å². The van der Waals surface area contributed by atoms with Crippen molar-refractivity contribution in [3.8, 4) is 0 Å². The molecule has 0 spiro atoms. The van der Waals surface area contributed by atoms with Gasteiger partial charge in [-0.3, -0.25) is 4.79 Å². The molecule has 1 atom stereocenters. The van der Waals surface area contributed by atoms with Crippen LogP contribution in [0.25, 0.3) is 0 Å². The molecule has 1 aliphatic rings. The Morgan fingerprint density at radius 1 is 1.36 bits per heavy atom. The Hall–Kier alpha value is -2.83. The lowest BCUT2D eigenvalue weighted by atomic mass is 10.1. The second-order valence-corrected chi connectivity index (χ2v) is 6.34. The standard InChI is InChI=1S/C18H22N4O3/c1-11(2)16-15(20-10-25-16)17(23)21-13-6-3-12(4-7-13)5-8-14-9-24-18(19)22-14/h3-4,6-7,10-11,14H,5,8-9H2,1-2H3,(H2,19,22)(H,21,23). The van der Waals surface area contributed by atoms with Gasteiger partial charge in [-0.25, -0.2) is 9.98 Å². The fourth-order valence-electron chi connectivity index (χ4n) is 2.70. The van der Waals surface area contributed by atoms with E-state index < -0.39 is 0 Å². The Bertz CT molecular complexity index is 765. The molecule has 0 radical (unpaired) electrons. The number of hydrogen-bond acceptors (Lipinski definition) is 6. The van der Waals surface area contributed by atoms with Crippen LogP contribution in [0.2, 0.25) is 0 Å². The molecule has 132 valence electrons. The molecule has 0 saturated heterocycles. The largest absolute Gasteiger partial charge is 0.463 e. The summed E-state index contributed by atoms with van der Waals surface area (Å²) in [5.74, 6) is 0.424. The highest BCUT2D eigenvalue weighted by Gasteiger charge is 2.19. The topological polar surface area (TPSA) is 103 Å². The normalized spacial score (nSPS) is 16.6. The number of hydrogen-bond donors (Lipinski definition) is 2. The maximum Gasteiger partial charge on any atom is 0.282 e. The first-order valence-electron chi connectivity index (χ1n) is 8.32. The molecule has 1 unspecified atom stereocenters. The fourth-order valence-corrected chi connectivity index (χ4v) is 2.70. The minimum absolute atomic E-state index is 0.0990. The lowest BCUT2D eigenvalue weighted by Gasteiger charge is -2.08. The molecule has 0 fully saturated rings. The number of oxazole rings is 1. The number of aryl methyl sites for hydroxylation is 1. The van der Waals surface area contributed by atoms with Crippen LogP contribution in [0.15, 0.2) is 40.1 Å². The first kappa shape index (κ1) is 17.0. The van der Waals surface area contributed by atoms with Crippen molar-refractivity contribution in [2.24, 2.45) is 10.7 Å². The first-order valence-corrected chi connectivity index (χ1v) is 8.32. The van der Waals surface area contributed by atoms with Gasteiger partial charge < -0.3 is 20.2 Å². The molecule has 3 N–H and O–H groups in total. The SMILES string of the molecule is CC(C)c1ocnc1C(=O)Nc1ccc(CCC2COC(N)=N2)cc1. The predicted molar refractivity (Wildman–Crippen MR) is 94.7 cm³/mol. The summed E-state index contributed by atoms with van der Waals surface area (Å²) >= 11 is 0. The summed E-state index contributed by atoms with van der Waals surface area (Å²) in [5, 5.41) is 2.85. The van der Waals surface area contributed by atoms with Crippen LogP contribution in [0.4, 0.5) is 5.69 Å². The van der Waals surface area contributed by atoms with Gasteiger partial charge in [-0.15, -0.1) is 0 Å². The van der Waals surface area contributed by atoms with E-state index in [0.29, 0.717) is 18.1 Å². The van der Waals surface area contributed by atoms with Crippen LogP contribution in [-0.2, 0) is 11.2 Å². The van der Waals surface area contributed by atoms with Crippen molar-refractivity contribution in [2.75, 3.05) is 11.9 Å². The van der Waals surface area contributed by atoms with E-state index in [-0.39, 0.29) is 23.9 Å². The van der Waals surface area contributed by atoms with Crippen molar-refractivity contribution in [2.45, 2.75) is 38.6 Å². The fraction of sp³-hybridized carbons (Fsp3) is 0.389. The molecule has 25 heavy (non-hydrogen) atoms. The zero-order chi connectivity index (χ0) is 17.8. The van der Waals surface area contributed by atoms with Gasteiger partial charge in [0.05, 0.1) is 6.04 Å². The molecule has 0 bridgehead atoms. The van der Waals surface area contributed by atoms with Gasteiger partial charge in [0.2, 0.25) is 0 Å². The van der Waals surface area contributed by atoms with Crippen molar-refractivity contribution in [3.05, 3.63) is 47.7 Å². The molecule has 0 saturated carbocycles. The van der Waals surface area contributed by atoms with Crippen LogP contribution in [0.5, 0.6) is 0 Å². The van der Waals surface area contributed by atoms with Gasteiger partial charge in [-0.1, -0.05) is 26.0 Å². The molecule has 7 heteroatoms. The number of amidine groups is 1. The Kier molecular flexibility index (Phi) is 5.02. The van der Waals surface area contributed by atoms with Crippen molar-refractivity contribution < 1.29 is 13.9 Å². The van der Waals surface area contributed by atoms with Gasteiger partial charge in [0.15, 0.2) is 12.1 Å². The summed E-state index contributed by atoms with van der Waals surface area (Å²) in [7, 11) is 0. The monoisotopic (exact) mass is 342 g/mol. The summed E-state index contributed by atoms with van der Waals surface area (Å²) in [6.07, 6.45) is 3.05. The minimum atomic E-state index is -0.266. The number of amides is 1. The van der Waals surface area contributed by atoms with Gasteiger partial charge in [0.25, 0.3) is 11.9 Å². The number of anilines is 1. The van der Waals surface area contributed by atoms with Gasteiger partial charge in [0.1, 0.15) is 12.4 Å². The molecule has 1 aromatic carbocycles. The number of nitrogens with two attached hydrogens (primary N) is 1. The molecule has 1 aromatic heterocycles. The zero-order valence-corrected chi connectivity index (χ0v) is 14.4. The van der Waals surface area contributed by atoms with E-state index in [1.165, 1.54) is 12.0 Å². The summed E-state index contributed by atoms with van der Waals surface area (Å²) in [5.41, 5.74) is 7.72. The maximum atomic E-state index is 12.3. The lowest BCUT2D eigenvalue weighted by Crippen LogP contribution is -2.14. The van der Waals surface area contributed by atoms with Gasteiger partial charge in [0, 0.05) is 11.6 Å². The van der Waals surface area contributed by atoms with E-state index in [1.54, 1.807) is 0 Å². The Balaban J connectivity index is 1.57. The summed E-state index contributed by atoms with van der Waals surface area (Å²) in [6.45, 7) is 4.47. The Morgan fingerprint density at radius 3 is 2.76 bits per heavy atom. The highest BCUT2D eigenvalue weighted by atomic mass is 16.5. The summed E-state index contributed by atoms with van der Waals surface area (Å²) < 4.78 is 10.4. The van der Waals surface area contributed by atoms with E-state index in [2.05, 4.69) is 15.3 Å².